The zero-order valence-electron chi connectivity index (χ0n) is 9.10. The second-order valence-corrected chi connectivity index (χ2v) is 3.87. The van der Waals surface area contributed by atoms with Gasteiger partial charge in [0.25, 0.3) is 0 Å². The van der Waals surface area contributed by atoms with Crippen LogP contribution in [-0.4, -0.2) is 12.4 Å². The van der Waals surface area contributed by atoms with Gasteiger partial charge in [-0.15, -0.1) is 0 Å². The largest absolute Gasteiger partial charge is 0.384 e. The fourth-order valence-corrected chi connectivity index (χ4v) is 1.08. The van der Waals surface area contributed by atoms with Crippen molar-refractivity contribution in [2.75, 3.05) is 6.54 Å². The monoisotopic (exact) mass is 230 g/mol. The van der Waals surface area contributed by atoms with Crippen molar-refractivity contribution in [3.63, 3.8) is 0 Å². The summed E-state index contributed by atoms with van der Waals surface area (Å²) in [7, 11) is 0. The van der Waals surface area contributed by atoms with Crippen molar-refractivity contribution in [2.24, 2.45) is 16.6 Å². The summed E-state index contributed by atoms with van der Waals surface area (Å²) < 4.78 is 38.4. The van der Waals surface area contributed by atoms with Gasteiger partial charge >= 0.3 is 0 Å². The first-order valence-electron chi connectivity index (χ1n) is 4.86. The lowest BCUT2D eigenvalue weighted by atomic mass is 10.2. The van der Waals surface area contributed by atoms with Gasteiger partial charge in [-0.2, -0.15) is 0 Å². The van der Waals surface area contributed by atoms with Crippen molar-refractivity contribution in [1.29, 1.82) is 0 Å². The van der Waals surface area contributed by atoms with Crippen molar-refractivity contribution < 1.29 is 13.2 Å². The maximum Gasteiger partial charge on any atom is 0.194 e. The summed E-state index contributed by atoms with van der Waals surface area (Å²) in [5.41, 5.74) is 5.58. The first kappa shape index (κ1) is 12.5. The Bertz CT molecular complexity index is 391. The first-order chi connectivity index (χ1) is 7.41. The molecular weight excluding hydrogens is 217 g/mol. The fourth-order valence-electron chi connectivity index (χ4n) is 1.08. The van der Waals surface area contributed by atoms with Crippen LogP contribution in [-0.2, 0) is 0 Å². The summed E-state index contributed by atoms with van der Waals surface area (Å²) in [5.74, 6) is -3.74. The van der Waals surface area contributed by atoms with Crippen molar-refractivity contribution >= 4 is 5.84 Å². The summed E-state index contributed by atoms with van der Waals surface area (Å²) in [6, 6.07) is 1.66. The van der Waals surface area contributed by atoms with Crippen LogP contribution in [0.5, 0.6) is 0 Å². The predicted octanol–water partition coefficient (Wildman–Crippen LogP) is 2.47. The van der Waals surface area contributed by atoms with E-state index in [-0.39, 0.29) is 17.3 Å². The van der Waals surface area contributed by atoms with Crippen LogP contribution >= 0.6 is 0 Å². The SMILES string of the molecule is CC(C)CN=C(N)c1cc(F)c(F)c(F)c1. The van der Waals surface area contributed by atoms with Gasteiger partial charge in [0.2, 0.25) is 0 Å². The number of hydrogen-bond donors (Lipinski definition) is 1. The molecule has 0 aromatic heterocycles. The van der Waals surface area contributed by atoms with Crippen LogP contribution in [0.15, 0.2) is 17.1 Å². The predicted molar refractivity (Wildman–Crippen MR) is 56.7 cm³/mol. The minimum absolute atomic E-state index is 0.00602. The van der Waals surface area contributed by atoms with E-state index in [1.807, 2.05) is 13.8 Å². The van der Waals surface area contributed by atoms with E-state index < -0.39 is 17.5 Å². The van der Waals surface area contributed by atoms with Crippen LogP contribution in [0.1, 0.15) is 19.4 Å². The Kier molecular flexibility index (Phi) is 3.93. The number of halogens is 3. The van der Waals surface area contributed by atoms with Gasteiger partial charge in [-0.05, 0) is 18.1 Å². The van der Waals surface area contributed by atoms with Crippen LogP contribution in [0, 0.1) is 23.4 Å². The van der Waals surface area contributed by atoms with E-state index in [0.29, 0.717) is 6.54 Å². The minimum atomic E-state index is -1.50. The average molecular weight is 230 g/mol. The first-order valence-corrected chi connectivity index (χ1v) is 4.86. The molecule has 0 amide bonds. The molecule has 0 heterocycles. The molecule has 16 heavy (non-hydrogen) atoms. The molecule has 0 spiro atoms. The second kappa shape index (κ2) is 5.01. The molecule has 0 atom stereocenters. The van der Waals surface area contributed by atoms with E-state index in [9.17, 15) is 13.2 Å². The van der Waals surface area contributed by atoms with Gasteiger partial charge < -0.3 is 5.73 Å². The number of amidine groups is 1. The Labute approximate surface area is 92.0 Å². The van der Waals surface area contributed by atoms with Crippen molar-refractivity contribution in [1.82, 2.24) is 0 Å². The molecule has 1 aromatic carbocycles. The molecule has 2 nitrogen and oxygen atoms in total. The lowest BCUT2D eigenvalue weighted by Gasteiger charge is -2.04. The number of aliphatic imine (C=N–C) groups is 1. The molecule has 0 saturated carbocycles. The third-order valence-corrected chi connectivity index (χ3v) is 1.91. The molecule has 0 unspecified atom stereocenters. The van der Waals surface area contributed by atoms with Crippen molar-refractivity contribution in [3.05, 3.63) is 35.1 Å². The maximum absolute atomic E-state index is 12.9. The maximum atomic E-state index is 12.9. The third-order valence-electron chi connectivity index (χ3n) is 1.91. The van der Waals surface area contributed by atoms with E-state index in [1.54, 1.807) is 0 Å². The van der Waals surface area contributed by atoms with Gasteiger partial charge in [-0.1, -0.05) is 13.8 Å². The summed E-state index contributed by atoms with van der Waals surface area (Å²) in [4.78, 5) is 3.94. The molecule has 0 saturated heterocycles. The van der Waals surface area contributed by atoms with Crippen LogP contribution in [0.2, 0.25) is 0 Å². The Morgan fingerprint density at radius 2 is 1.75 bits per heavy atom. The minimum Gasteiger partial charge on any atom is -0.384 e. The van der Waals surface area contributed by atoms with Crippen LogP contribution < -0.4 is 5.73 Å². The molecule has 1 aromatic rings. The molecule has 0 radical (unpaired) electrons. The Hall–Kier alpha value is -1.52. The molecule has 0 aliphatic heterocycles. The lowest BCUT2D eigenvalue weighted by Crippen LogP contribution is -2.16. The normalized spacial score (nSPS) is 12.2. The van der Waals surface area contributed by atoms with Gasteiger partial charge in [0, 0.05) is 12.1 Å². The molecule has 0 aliphatic rings. The summed E-state index contributed by atoms with van der Waals surface area (Å²) in [6.45, 7) is 4.32. The number of rotatable bonds is 3. The van der Waals surface area contributed by atoms with Crippen LogP contribution in [0.25, 0.3) is 0 Å². The molecule has 0 bridgehead atoms. The summed E-state index contributed by atoms with van der Waals surface area (Å²) in [6.07, 6.45) is 0. The topological polar surface area (TPSA) is 38.4 Å². The average Bonchev–Trinajstić information content (AvgIpc) is 2.21. The van der Waals surface area contributed by atoms with Crippen LogP contribution in [0.3, 0.4) is 0 Å². The third kappa shape index (κ3) is 2.98. The number of nitrogens with two attached hydrogens (primary N) is 1. The van der Waals surface area contributed by atoms with Gasteiger partial charge in [0.05, 0.1) is 0 Å². The highest BCUT2D eigenvalue weighted by molar-refractivity contribution is 5.97. The van der Waals surface area contributed by atoms with Crippen LogP contribution in [0.4, 0.5) is 13.2 Å². The highest BCUT2D eigenvalue weighted by Gasteiger charge is 2.12. The van der Waals surface area contributed by atoms with E-state index in [0.717, 1.165) is 12.1 Å². The highest BCUT2D eigenvalue weighted by atomic mass is 19.2. The number of hydrogen-bond acceptors (Lipinski definition) is 1. The van der Waals surface area contributed by atoms with Crippen molar-refractivity contribution in [2.45, 2.75) is 13.8 Å². The van der Waals surface area contributed by atoms with Crippen molar-refractivity contribution in [3.8, 4) is 0 Å². The van der Waals surface area contributed by atoms with E-state index in [2.05, 4.69) is 4.99 Å². The van der Waals surface area contributed by atoms with E-state index >= 15 is 0 Å². The smallest absolute Gasteiger partial charge is 0.194 e. The zero-order chi connectivity index (χ0) is 12.3. The molecule has 1 rings (SSSR count). The molecule has 5 heteroatoms. The Balaban J connectivity index is 3.01. The van der Waals surface area contributed by atoms with Gasteiger partial charge in [-0.3, -0.25) is 4.99 Å². The molecule has 0 aliphatic carbocycles. The summed E-state index contributed by atoms with van der Waals surface area (Å²) >= 11 is 0. The number of nitrogens with zero attached hydrogens (tertiary/aromatic N) is 1. The Morgan fingerprint density at radius 1 is 1.25 bits per heavy atom. The molecule has 88 valence electrons. The molecule has 0 fully saturated rings. The lowest BCUT2D eigenvalue weighted by molar-refractivity contribution is 0.447. The standard InChI is InChI=1S/C11H13F3N2/c1-6(2)5-16-11(15)7-3-8(12)10(14)9(13)4-7/h3-4,6H,5H2,1-2H3,(H2,15,16). The number of benzene rings is 1. The zero-order valence-corrected chi connectivity index (χ0v) is 9.10. The highest BCUT2D eigenvalue weighted by Crippen LogP contribution is 2.13. The van der Waals surface area contributed by atoms with E-state index in [1.165, 1.54) is 0 Å². The van der Waals surface area contributed by atoms with Gasteiger partial charge in [0.1, 0.15) is 5.84 Å². The Morgan fingerprint density at radius 3 is 2.19 bits per heavy atom. The summed E-state index contributed by atoms with van der Waals surface area (Å²) in [5, 5.41) is 0. The fraction of sp³-hybridized carbons (Fsp3) is 0.364. The molecular formula is C11H13F3N2. The molecule has 2 N–H and O–H groups in total. The van der Waals surface area contributed by atoms with Gasteiger partial charge in [-0.25, -0.2) is 13.2 Å². The quantitative estimate of drug-likeness (QED) is 0.483. The van der Waals surface area contributed by atoms with E-state index in [4.69, 9.17) is 5.73 Å². The van der Waals surface area contributed by atoms with Gasteiger partial charge in [0.15, 0.2) is 17.5 Å². The second-order valence-electron chi connectivity index (χ2n) is 3.87.